The molecule has 142 valence electrons. The fourth-order valence-corrected chi connectivity index (χ4v) is 2.41. The summed E-state index contributed by atoms with van der Waals surface area (Å²) in [6.07, 6.45) is 3.97. The minimum absolute atomic E-state index is 0.145. The van der Waals surface area contributed by atoms with E-state index in [-0.39, 0.29) is 19.8 Å². The predicted molar refractivity (Wildman–Crippen MR) is 102 cm³/mol. The van der Waals surface area contributed by atoms with E-state index >= 15 is 0 Å². The lowest BCUT2D eigenvalue weighted by Gasteiger charge is -2.14. The minimum atomic E-state index is -1.21. The van der Waals surface area contributed by atoms with E-state index in [1.807, 2.05) is 13.0 Å². The number of aliphatic hydroxyl groups excluding tert-OH is 1. The number of hydrogen-bond acceptors (Lipinski definition) is 5. The Bertz CT molecular complexity index is 812. The van der Waals surface area contributed by atoms with E-state index in [0.717, 1.165) is 5.56 Å². The summed E-state index contributed by atoms with van der Waals surface area (Å²) in [5.41, 5.74) is 1.53. The molecule has 2 N–H and O–H groups in total. The quantitative estimate of drug-likeness (QED) is 0.524. The second-order valence-corrected chi connectivity index (χ2v) is 5.76. The molecule has 1 amide bonds. The van der Waals surface area contributed by atoms with E-state index in [4.69, 9.17) is 20.6 Å². The van der Waals surface area contributed by atoms with Gasteiger partial charge in [0.1, 0.15) is 19.0 Å². The van der Waals surface area contributed by atoms with Gasteiger partial charge in [-0.05, 0) is 24.6 Å². The van der Waals surface area contributed by atoms with Crippen molar-refractivity contribution in [1.82, 2.24) is 5.32 Å². The molecule has 1 unspecified atom stereocenters. The molecule has 2 aromatic rings. The third kappa shape index (κ3) is 5.94. The molecule has 0 spiro atoms. The van der Waals surface area contributed by atoms with Crippen molar-refractivity contribution >= 4 is 5.91 Å². The second kappa shape index (κ2) is 10.1. The number of rotatable bonds is 9. The zero-order valence-electron chi connectivity index (χ0n) is 15.4. The predicted octanol–water partition coefficient (Wildman–Crippen LogP) is 2.24. The Balaban J connectivity index is 1.82. The van der Waals surface area contributed by atoms with Crippen LogP contribution in [-0.4, -0.2) is 37.9 Å². The molecule has 2 rings (SSSR count). The maximum absolute atomic E-state index is 12.0. The second-order valence-electron chi connectivity index (χ2n) is 5.76. The lowest BCUT2D eigenvalue weighted by atomic mass is 10.1. The average molecular weight is 369 g/mol. The van der Waals surface area contributed by atoms with Crippen molar-refractivity contribution in [2.24, 2.45) is 0 Å². The van der Waals surface area contributed by atoms with E-state index in [1.165, 1.54) is 7.11 Å². The van der Waals surface area contributed by atoms with Crippen molar-refractivity contribution in [2.75, 3.05) is 26.9 Å². The molecule has 0 bridgehead atoms. The van der Waals surface area contributed by atoms with Crippen LogP contribution >= 0.6 is 0 Å². The van der Waals surface area contributed by atoms with E-state index in [2.05, 4.69) is 11.2 Å². The van der Waals surface area contributed by atoms with Crippen molar-refractivity contribution in [3.63, 3.8) is 0 Å². The van der Waals surface area contributed by atoms with Crippen LogP contribution in [0.25, 0.3) is 0 Å². The molecule has 6 heteroatoms. The number of terminal acetylenes is 1. The van der Waals surface area contributed by atoms with Gasteiger partial charge in [-0.1, -0.05) is 35.7 Å². The summed E-state index contributed by atoms with van der Waals surface area (Å²) in [6, 6.07) is 12.3. The summed E-state index contributed by atoms with van der Waals surface area (Å²) in [5.74, 6) is 3.51. The Hall–Kier alpha value is -3.17. The Morgan fingerprint density at radius 3 is 2.74 bits per heavy atom. The van der Waals surface area contributed by atoms with Crippen LogP contribution in [0.3, 0.4) is 0 Å². The van der Waals surface area contributed by atoms with Crippen molar-refractivity contribution in [2.45, 2.75) is 13.0 Å². The zero-order valence-corrected chi connectivity index (χ0v) is 15.4. The number of methoxy groups -OCH3 is 1. The lowest BCUT2D eigenvalue weighted by Crippen LogP contribution is -2.32. The summed E-state index contributed by atoms with van der Waals surface area (Å²) in [7, 11) is 1.52. The highest BCUT2D eigenvalue weighted by Crippen LogP contribution is 2.31. The third-order valence-electron chi connectivity index (χ3n) is 3.72. The van der Waals surface area contributed by atoms with Gasteiger partial charge >= 0.3 is 0 Å². The first-order valence-electron chi connectivity index (χ1n) is 8.44. The van der Waals surface area contributed by atoms with Gasteiger partial charge in [0.2, 0.25) is 0 Å². The van der Waals surface area contributed by atoms with Gasteiger partial charge < -0.3 is 24.6 Å². The highest BCUT2D eigenvalue weighted by molar-refractivity contribution is 5.81. The fraction of sp³-hybridized carbons (Fsp3) is 0.286. The standard InChI is InChI=1S/C21H23NO5/c1-4-11-27-18-9-8-17(14-19(18)25-3)26-12-10-22-21(24)20(23)16-7-5-6-15(2)13-16/h1,5-9,13-14,20,23H,10-12H2,2-3H3,(H,22,24). The van der Waals surface area contributed by atoms with Crippen LogP contribution in [0.2, 0.25) is 0 Å². The van der Waals surface area contributed by atoms with Gasteiger partial charge in [0.15, 0.2) is 17.6 Å². The van der Waals surface area contributed by atoms with Crippen molar-refractivity contribution in [3.8, 4) is 29.6 Å². The van der Waals surface area contributed by atoms with Crippen LogP contribution in [0, 0.1) is 19.3 Å². The number of amides is 1. The van der Waals surface area contributed by atoms with Gasteiger partial charge in [0, 0.05) is 6.07 Å². The fourth-order valence-electron chi connectivity index (χ4n) is 2.41. The molecule has 0 saturated heterocycles. The SMILES string of the molecule is C#CCOc1ccc(OCCNC(=O)C(O)c2cccc(C)c2)cc1OC. The van der Waals surface area contributed by atoms with Crippen LogP contribution in [0.1, 0.15) is 17.2 Å². The summed E-state index contributed by atoms with van der Waals surface area (Å²) < 4.78 is 16.2. The largest absolute Gasteiger partial charge is 0.493 e. The highest BCUT2D eigenvalue weighted by Gasteiger charge is 2.16. The number of nitrogens with one attached hydrogen (secondary N) is 1. The van der Waals surface area contributed by atoms with Gasteiger partial charge in [0.05, 0.1) is 13.7 Å². The van der Waals surface area contributed by atoms with E-state index < -0.39 is 12.0 Å². The molecule has 0 heterocycles. The Labute approximate surface area is 159 Å². The van der Waals surface area contributed by atoms with Crippen molar-refractivity contribution in [3.05, 3.63) is 53.6 Å². The Kier molecular flexibility index (Phi) is 7.53. The molecule has 27 heavy (non-hydrogen) atoms. The molecule has 1 atom stereocenters. The van der Waals surface area contributed by atoms with E-state index in [0.29, 0.717) is 22.8 Å². The monoisotopic (exact) mass is 369 g/mol. The molecule has 0 aliphatic rings. The van der Waals surface area contributed by atoms with Gasteiger partial charge in [-0.25, -0.2) is 0 Å². The van der Waals surface area contributed by atoms with Crippen LogP contribution in [0.4, 0.5) is 0 Å². The molecule has 0 aliphatic carbocycles. The number of aliphatic hydroxyl groups is 1. The van der Waals surface area contributed by atoms with E-state index in [1.54, 1.807) is 36.4 Å². The summed E-state index contributed by atoms with van der Waals surface area (Å²) >= 11 is 0. The maximum Gasteiger partial charge on any atom is 0.253 e. The van der Waals surface area contributed by atoms with Crippen molar-refractivity contribution < 1.29 is 24.1 Å². The van der Waals surface area contributed by atoms with Crippen LogP contribution < -0.4 is 19.5 Å². The first-order chi connectivity index (χ1) is 13.0. The molecule has 6 nitrogen and oxygen atoms in total. The van der Waals surface area contributed by atoms with Crippen molar-refractivity contribution in [1.29, 1.82) is 0 Å². The van der Waals surface area contributed by atoms with Gasteiger partial charge in [-0.3, -0.25) is 4.79 Å². The average Bonchev–Trinajstić information content (AvgIpc) is 2.69. The number of hydrogen-bond donors (Lipinski definition) is 2. The molecule has 0 radical (unpaired) electrons. The first kappa shape index (κ1) is 20.1. The molecule has 0 saturated carbocycles. The molecule has 0 fully saturated rings. The number of ether oxygens (including phenoxy) is 3. The molecular formula is C21H23NO5. The van der Waals surface area contributed by atoms with Gasteiger partial charge in [-0.15, -0.1) is 6.42 Å². The zero-order chi connectivity index (χ0) is 19.6. The Morgan fingerprint density at radius 1 is 1.22 bits per heavy atom. The third-order valence-corrected chi connectivity index (χ3v) is 3.72. The van der Waals surface area contributed by atoms with Crippen LogP contribution in [-0.2, 0) is 4.79 Å². The number of carbonyl (C=O) groups is 1. The Morgan fingerprint density at radius 2 is 2.04 bits per heavy atom. The lowest BCUT2D eigenvalue weighted by molar-refractivity contribution is -0.129. The first-order valence-corrected chi connectivity index (χ1v) is 8.44. The van der Waals surface area contributed by atoms with Crippen LogP contribution in [0.15, 0.2) is 42.5 Å². The molecule has 0 aromatic heterocycles. The maximum atomic E-state index is 12.0. The van der Waals surface area contributed by atoms with E-state index in [9.17, 15) is 9.90 Å². The van der Waals surface area contributed by atoms with Crippen LogP contribution in [0.5, 0.6) is 17.2 Å². The minimum Gasteiger partial charge on any atom is -0.493 e. The summed E-state index contributed by atoms with van der Waals surface area (Å²) in [6.45, 7) is 2.53. The molecular weight excluding hydrogens is 346 g/mol. The smallest absolute Gasteiger partial charge is 0.253 e. The van der Waals surface area contributed by atoms with Gasteiger partial charge in [0.25, 0.3) is 5.91 Å². The summed E-state index contributed by atoms with van der Waals surface area (Å²) in [4.78, 5) is 12.0. The molecule has 0 aliphatic heterocycles. The number of benzene rings is 2. The topological polar surface area (TPSA) is 77.0 Å². The number of carbonyl (C=O) groups excluding carboxylic acids is 1. The highest BCUT2D eigenvalue weighted by atomic mass is 16.5. The van der Waals surface area contributed by atoms with Gasteiger partial charge in [-0.2, -0.15) is 0 Å². The number of aryl methyl sites for hydroxylation is 1. The molecule has 2 aromatic carbocycles. The normalized spacial score (nSPS) is 11.2. The summed E-state index contributed by atoms with van der Waals surface area (Å²) in [5, 5.41) is 12.7.